The van der Waals surface area contributed by atoms with E-state index >= 15 is 0 Å². The summed E-state index contributed by atoms with van der Waals surface area (Å²) in [6.45, 7) is 8.66. The van der Waals surface area contributed by atoms with Crippen LogP contribution in [0.2, 0.25) is 0 Å². The van der Waals surface area contributed by atoms with E-state index in [1.807, 2.05) is 0 Å². The van der Waals surface area contributed by atoms with Crippen LogP contribution in [0, 0.1) is 27.7 Å². The second-order valence-electron chi connectivity index (χ2n) is 15.9. The SMILES string of the molecule is Cc1cccc(N(c2ccccc2)c2ccc(N(c3ccc(N(c4ccccc4)c4cccc(C)c4)cc3)c3ccc(N(c4ccccc4)c4cccc(C)c4)c(C)c3)cc2)c1. The van der Waals surface area contributed by atoms with Crippen LogP contribution in [0.1, 0.15) is 22.3 Å². The molecule has 0 aliphatic rings. The smallest absolute Gasteiger partial charge is 0.0492 e. The fraction of sp³-hybridized carbons (Fsp3) is 0.0690. The van der Waals surface area contributed by atoms with Crippen molar-refractivity contribution in [3.63, 3.8) is 0 Å². The summed E-state index contributed by atoms with van der Waals surface area (Å²) in [4.78, 5) is 9.36. The number of hydrogen-bond acceptors (Lipinski definition) is 4. The molecule has 0 aromatic heterocycles. The van der Waals surface area contributed by atoms with Crippen LogP contribution in [-0.4, -0.2) is 0 Å². The van der Waals surface area contributed by atoms with Gasteiger partial charge in [0.05, 0.1) is 0 Å². The van der Waals surface area contributed by atoms with Gasteiger partial charge in [0.15, 0.2) is 0 Å². The molecule has 0 N–H and O–H groups in total. The van der Waals surface area contributed by atoms with E-state index in [0.717, 1.165) is 73.8 Å². The summed E-state index contributed by atoms with van der Waals surface area (Å²) in [6.07, 6.45) is 0. The molecule has 0 amide bonds. The minimum Gasteiger partial charge on any atom is -0.310 e. The van der Waals surface area contributed by atoms with Crippen molar-refractivity contribution in [1.29, 1.82) is 0 Å². The Morgan fingerprint density at radius 2 is 0.468 bits per heavy atom. The van der Waals surface area contributed by atoms with Gasteiger partial charge in [-0.2, -0.15) is 0 Å². The van der Waals surface area contributed by atoms with Crippen molar-refractivity contribution in [3.8, 4) is 0 Å². The fourth-order valence-electron chi connectivity index (χ4n) is 8.33. The second-order valence-corrected chi connectivity index (χ2v) is 15.9. The van der Waals surface area contributed by atoms with Crippen molar-refractivity contribution in [3.05, 3.63) is 253 Å². The minimum absolute atomic E-state index is 1.06. The lowest BCUT2D eigenvalue weighted by atomic mass is 10.1. The predicted octanol–water partition coefficient (Wildman–Crippen LogP) is 16.8. The number of para-hydroxylation sites is 3. The number of rotatable bonds is 12. The monoisotopic (exact) mass is 802 g/mol. The van der Waals surface area contributed by atoms with Crippen molar-refractivity contribution in [1.82, 2.24) is 0 Å². The molecular weight excluding hydrogens is 753 g/mol. The largest absolute Gasteiger partial charge is 0.310 e. The summed E-state index contributed by atoms with van der Waals surface area (Å²) in [5.74, 6) is 0. The van der Waals surface area contributed by atoms with Gasteiger partial charge in [-0.25, -0.2) is 0 Å². The highest BCUT2D eigenvalue weighted by atomic mass is 15.2. The Kier molecular flexibility index (Phi) is 11.4. The summed E-state index contributed by atoms with van der Waals surface area (Å²) in [5.41, 5.74) is 18.0. The third-order valence-corrected chi connectivity index (χ3v) is 11.2. The molecule has 9 rings (SSSR count). The third-order valence-electron chi connectivity index (χ3n) is 11.2. The van der Waals surface area contributed by atoms with Gasteiger partial charge >= 0.3 is 0 Å². The quantitative estimate of drug-likeness (QED) is 0.122. The average Bonchev–Trinajstić information content (AvgIpc) is 3.30. The maximum absolute atomic E-state index is 2.36. The molecule has 0 radical (unpaired) electrons. The first-order valence-electron chi connectivity index (χ1n) is 21.3. The Balaban J connectivity index is 1.16. The van der Waals surface area contributed by atoms with Gasteiger partial charge in [0, 0.05) is 68.2 Å². The van der Waals surface area contributed by atoms with Gasteiger partial charge < -0.3 is 19.6 Å². The molecule has 0 heterocycles. The summed E-state index contributed by atoms with van der Waals surface area (Å²) in [5, 5.41) is 0. The van der Waals surface area contributed by atoms with Gasteiger partial charge in [0.25, 0.3) is 0 Å². The molecule has 9 aromatic carbocycles. The van der Waals surface area contributed by atoms with E-state index in [4.69, 9.17) is 0 Å². The second kappa shape index (κ2) is 17.8. The van der Waals surface area contributed by atoms with Crippen LogP contribution in [0.3, 0.4) is 0 Å². The molecule has 302 valence electrons. The first kappa shape index (κ1) is 39.6. The van der Waals surface area contributed by atoms with Crippen molar-refractivity contribution in [2.75, 3.05) is 19.6 Å². The zero-order chi connectivity index (χ0) is 42.4. The highest BCUT2D eigenvalue weighted by molar-refractivity contribution is 5.86. The zero-order valence-corrected chi connectivity index (χ0v) is 35.7. The molecule has 9 aromatic rings. The van der Waals surface area contributed by atoms with Gasteiger partial charge in [0.1, 0.15) is 0 Å². The van der Waals surface area contributed by atoms with Gasteiger partial charge in [-0.15, -0.1) is 0 Å². The van der Waals surface area contributed by atoms with Crippen LogP contribution in [0.15, 0.2) is 231 Å². The van der Waals surface area contributed by atoms with Gasteiger partial charge in [-0.05, 0) is 189 Å². The minimum atomic E-state index is 1.06. The standard InChI is InChI=1S/C58H50N4/c1-43-17-14-26-54(39-43)59(47-20-8-5-9-21-47)50-29-33-52(34-30-50)61(53-35-31-51(32-36-53)60(48-22-10-6-11-23-48)55-27-15-18-44(2)40-55)57-37-38-58(46(4)42-57)62(49-24-12-7-13-25-49)56-28-16-19-45(3)41-56/h5-42H,1-4H3. The lowest BCUT2D eigenvalue weighted by Crippen LogP contribution is -2.14. The molecule has 0 aliphatic heterocycles. The summed E-state index contributed by atoms with van der Waals surface area (Å²) >= 11 is 0. The lowest BCUT2D eigenvalue weighted by Gasteiger charge is -2.31. The molecule has 0 fully saturated rings. The van der Waals surface area contributed by atoms with Crippen molar-refractivity contribution in [2.24, 2.45) is 0 Å². The maximum atomic E-state index is 2.36. The Hall–Kier alpha value is -7.82. The Labute approximate surface area is 366 Å². The molecule has 0 spiro atoms. The Morgan fingerprint density at radius 3 is 0.790 bits per heavy atom. The normalized spacial score (nSPS) is 10.9. The molecule has 4 heteroatoms. The average molecular weight is 803 g/mol. The van der Waals surface area contributed by atoms with Crippen molar-refractivity contribution >= 4 is 68.2 Å². The van der Waals surface area contributed by atoms with Crippen molar-refractivity contribution < 1.29 is 0 Å². The van der Waals surface area contributed by atoms with Crippen LogP contribution < -0.4 is 19.6 Å². The molecule has 0 unspecified atom stereocenters. The topological polar surface area (TPSA) is 13.0 Å². The van der Waals surface area contributed by atoms with Crippen LogP contribution >= 0.6 is 0 Å². The van der Waals surface area contributed by atoms with Crippen LogP contribution in [-0.2, 0) is 0 Å². The summed E-state index contributed by atoms with van der Waals surface area (Å²) in [7, 11) is 0. The zero-order valence-electron chi connectivity index (χ0n) is 35.7. The number of benzene rings is 9. The van der Waals surface area contributed by atoms with Crippen LogP contribution in [0.25, 0.3) is 0 Å². The fourth-order valence-corrected chi connectivity index (χ4v) is 8.33. The van der Waals surface area contributed by atoms with Gasteiger partial charge in [-0.3, -0.25) is 0 Å². The van der Waals surface area contributed by atoms with E-state index in [0.29, 0.717) is 0 Å². The van der Waals surface area contributed by atoms with Crippen molar-refractivity contribution in [2.45, 2.75) is 27.7 Å². The van der Waals surface area contributed by atoms with Gasteiger partial charge in [0.2, 0.25) is 0 Å². The number of nitrogens with zero attached hydrogens (tertiary/aromatic N) is 4. The van der Waals surface area contributed by atoms with Crippen LogP contribution in [0.4, 0.5) is 68.2 Å². The van der Waals surface area contributed by atoms with E-state index in [1.54, 1.807) is 0 Å². The molecule has 62 heavy (non-hydrogen) atoms. The predicted molar refractivity (Wildman–Crippen MR) is 264 cm³/mol. The molecule has 4 nitrogen and oxygen atoms in total. The van der Waals surface area contributed by atoms with E-state index in [-0.39, 0.29) is 0 Å². The van der Waals surface area contributed by atoms with E-state index in [2.05, 4.69) is 278 Å². The van der Waals surface area contributed by atoms with E-state index in [1.165, 1.54) is 16.7 Å². The van der Waals surface area contributed by atoms with E-state index in [9.17, 15) is 0 Å². The molecule has 0 bridgehead atoms. The molecule has 0 saturated heterocycles. The number of anilines is 12. The maximum Gasteiger partial charge on any atom is 0.0492 e. The molecular formula is C58H50N4. The summed E-state index contributed by atoms with van der Waals surface area (Å²) < 4.78 is 0. The number of aryl methyl sites for hydroxylation is 4. The third kappa shape index (κ3) is 8.45. The first-order chi connectivity index (χ1) is 30.4. The molecule has 0 saturated carbocycles. The highest BCUT2D eigenvalue weighted by Gasteiger charge is 2.21. The molecule has 0 aliphatic carbocycles. The van der Waals surface area contributed by atoms with E-state index < -0.39 is 0 Å². The number of hydrogen-bond donors (Lipinski definition) is 0. The highest BCUT2D eigenvalue weighted by Crippen LogP contribution is 2.44. The summed E-state index contributed by atoms with van der Waals surface area (Å²) in [6, 6.07) is 82.6. The molecule has 0 atom stereocenters. The lowest BCUT2D eigenvalue weighted by molar-refractivity contribution is 1.21. The first-order valence-corrected chi connectivity index (χ1v) is 21.3. The Morgan fingerprint density at radius 1 is 0.210 bits per heavy atom. The Bertz CT molecular complexity index is 2760. The van der Waals surface area contributed by atoms with Crippen LogP contribution in [0.5, 0.6) is 0 Å². The van der Waals surface area contributed by atoms with Gasteiger partial charge in [-0.1, -0.05) is 91.0 Å².